The number of hydrogen-bond acceptors (Lipinski definition) is 3. The van der Waals surface area contributed by atoms with E-state index in [1.54, 1.807) is 12.1 Å². The molecule has 1 unspecified atom stereocenters. The predicted octanol–water partition coefficient (Wildman–Crippen LogP) is 7.33. The van der Waals surface area contributed by atoms with Gasteiger partial charge in [0.25, 0.3) is 0 Å². The SMILES string of the molecule is CC.CCC1(c2cc(Cl)nc(-c3ccc(F)cc3)c2)CCN1SC(C)(C)C. The first-order chi connectivity index (χ1) is 12.7. The first kappa shape index (κ1) is 22.2. The van der Waals surface area contributed by atoms with Gasteiger partial charge in [-0.05, 0) is 75.6 Å². The minimum Gasteiger partial charge on any atom is -0.239 e. The van der Waals surface area contributed by atoms with Gasteiger partial charge in [0.15, 0.2) is 0 Å². The summed E-state index contributed by atoms with van der Waals surface area (Å²) in [5.41, 5.74) is 2.85. The first-order valence-electron chi connectivity index (χ1n) is 9.64. The molecule has 2 aromatic rings. The Morgan fingerprint density at radius 2 is 1.81 bits per heavy atom. The molecule has 1 saturated heterocycles. The minimum atomic E-state index is -0.247. The highest BCUT2D eigenvalue weighted by molar-refractivity contribution is 7.98. The van der Waals surface area contributed by atoms with Gasteiger partial charge < -0.3 is 0 Å². The highest BCUT2D eigenvalue weighted by atomic mass is 35.5. The quantitative estimate of drug-likeness (QED) is 0.389. The van der Waals surface area contributed by atoms with Crippen molar-refractivity contribution >= 4 is 23.5 Å². The minimum absolute atomic E-state index is 0.0146. The van der Waals surface area contributed by atoms with Crippen molar-refractivity contribution in [3.8, 4) is 11.3 Å². The van der Waals surface area contributed by atoms with Crippen LogP contribution in [0.4, 0.5) is 4.39 Å². The van der Waals surface area contributed by atoms with E-state index < -0.39 is 0 Å². The number of rotatable bonds is 4. The number of pyridine rings is 1. The second-order valence-corrected chi connectivity index (χ2v) is 9.75. The topological polar surface area (TPSA) is 16.1 Å². The second-order valence-electron chi connectivity index (χ2n) is 7.51. The van der Waals surface area contributed by atoms with E-state index in [1.807, 2.05) is 31.9 Å². The van der Waals surface area contributed by atoms with E-state index in [4.69, 9.17) is 11.6 Å². The van der Waals surface area contributed by atoms with Crippen LogP contribution in [0.1, 0.15) is 59.9 Å². The van der Waals surface area contributed by atoms with Crippen molar-refractivity contribution in [1.29, 1.82) is 0 Å². The van der Waals surface area contributed by atoms with Crippen LogP contribution in [0.3, 0.4) is 0 Å². The lowest BCUT2D eigenvalue weighted by molar-refractivity contribution is 0.0754. The van der Waals surface area contributed by atoms with Crippen molar-refractivity contribution in [2.45, 2.75) is 64.7 Å². The molecule has 0 radical (unpaired) electrons. The molecular formula is C22H30ClFN2S. The van der Waals surface area contributed by atoms with E-state index in [9.17, 15) is 4.39 Å². The van der Waals surface area contributed by atoms with Crippen molar-refractivity contribution in [1.82, 2.24) is 9.29 Å². The lowest BCUT2D eigenvalue weighted by atomic mass is 9.78. The number of hydrogen-bond donors (Lipinski definition) is 0. The highest BCUT2D eigenvalue weighted by Crippen LogP contribution is 2.51. The number of halogens is 2. The fourth-order valence-electron chi connectivity index (χ4n) is 3.32. The molecule has 1 aliphatic heterocycles. The van der Waals surface area contributed by atoms with Crippen LogP contribution in [0.15, 0.2) is 36.4 Å². The molecule has 0 N–H and O–H groups in total. The van der Waals surface area contributed by atoms with Crippen molar-refractivity contribution in [2.24, 2.45) is 0 Å². The van der Waals surface area contributed by atoms with Gasteiger partial charge in [-0.15, -0.1) is 0 Å². The third-order valence-corrected chi connectivity index (χ3v) is 6.14. The second kappa shape index (κ2) is 8.93. The summed E-state index contributed by atoms with van der Waals surface area (Å²) < 4.78 is 15.9. The van der Waals surface area contributed by atoms with Crippen LogP contribution in [0.25, 0.3) is 11.3 Å². The van der Waals surface area contributed by atoms with Gasteiger partial charge in [-0.1, -0.05) is 44.3 Å². The summed E-state index contributed by atoms with van der Waals surface area (Å²) in [5.74, 6) is -0.247. The fraction of sp³-hybridized carbons (Fsp3) is 0.500. The molecule has 2 nitrogen and oxygen atoms in total. The average molecular weight is 409 g/mol. The molecule has 148 valence electrons. The molecule has 1 aromatic carbocycles. The fourth-order valence-corrected chi connectivity index (χ4v) is 4.87. The van der Waals surface area contributed by atoms with Gasteiger partial charge in [-0.3, -0.25) is 0 Å². The summed E-state index contributed by atoms with van der Waals surface area (Å²) in [7, 11) is 0. The van der Waals surface area contributed by atoms with E-state index in [0.29, 0.717) is 5.15 Å². The van der Waals surface area contributed by atoms with Crippen LogP contribution in [-0.4, -0.2) is 20.6 Å². The van der Waals surface area contributed by atoms with Crippen LogP contribution in [0, 0.1) is 5.82 Å². The monoisotopic (exact) mass is 408 g/mol. The van der Waals surface area contributed by atoms with Crippen LogP contribution in [0.5, 0.6) is 0 Å². The van der Waals surface area contributed by atoms with Gasteiger partial charge in [-0.2, -0.15) is 0 Å². The lowest BCUT2D eigenvalue weighted by Crippen LogP contribution is -2.54. The van der Waals surface area contributed by atoms with Crippen molar-refractivity contribution < 1.29 is 4.39 Å². The molecule has 3 rings (SSSR count). The Morgan fingerprint density at radius 1 is 1.19 bits per heavy atom. The van der Waals surface area contributed by atoms with Crippen molar-refractivity contribution in [2.75, 3.05) is 6.54 Å². The molecule has 27 heavy (non-hydrogen) atoms. The highest BCUT2D eigenvalue weighted by Gasteiger charge is 2.47. The molecular weight excluding hydrogens is 379 g/mol. The zero-order valence-corrected chi connectivity index (χ0v) is 18.7. The Balaban J connectivity index is 0.00000126. The van der Waals surface area contributed by atoms with Gasteiger partial charge in [0.2, 0.25) is 0 Å². The molecule has 0 spiro atoms. The van der Waals surface area contributed by atoms with Crippen LogP contribution >= 0.6 is 23.5 Å². The van der Waals surface area contributed by atoms with Crippen LogP contribution in [0.2, 0.25) is 5.15 Å². The lowest BCUT2D eigenvalue weighted by Gasteiger charge is -2.54. The standard InChI is InChI=1S/C20H24ClFN2S.C2H6/c1-5-20(10-11-24(20)25-19(2,3)4)15-12-17(23-18(21)13-15)14-6-8-16(22)9-7-14;1-2/h6-9,12-13H,5,10-11H2,1-4H3;1-2H3. The summed E-state index contributed by atoms with van der Waals surface area (Å²) in [6, 6.07) is 10.5. The maximum atomic E-state index is 13.2. The van der Waals surface area contributed by atoms with Gasteiger partial charge in [-0.25, -0.2) is 13.7 Å². The average Bonchev–Trinajstić information content (AvgIpc) is 2.61. The number of aromatic nitrogens is 1. The molecule has 0 saturated carbocycles. The molecule has 0 aliphatic carbocycles. The summed E-state index contributed by atoms with van der Waals surface area (Å²) in [5, 5.41) is 0.484. The van der Waals surface area contributed by atoms with E-state index in [-0.39, 0.29) is 16.1 Å². The number of nitrogens with zero attached hydrogens (tertiary/aromatic N) is 2. The summed E-state index contributed by atoms with van der Waals surface area (Å²) in [6.07, 6.45) is 2.12. The molecule has 1 atom stereocenters. The molecule has 0 amide bonds. The van der Waals surface area contributed by atoms with E-state index >= 15 is 0 Å². The van der Waals surface area contributed by atoms with Crippen LogP contribution < -0.4 is 0 Å². The van der Waals surface area contributed by atoms with Crippen molar-refractivity contribution in [3.63, 3.8) is 0 Å². The first-order valence-corrected chi connectivity index (χ1v) is 10.8. The maximum Gasteiger partial charge on any atom is 0.130 e. The predicted molar refractivity (Wildman–Crippen MR) is 117 cm³/mol. The molecule has 2 heterocycles. The number of benzene rings is 1. The Bertz CT molecular complexity index is 754. The molecule has 1 aliphatic rings. The van der Waals surface area contributed by atoms with Crippen LogP contribution in [-0.2, 0) is 5.54 Å². The summed E-state index contributed by atoms with van der Waals surface area (Å²) >= 11 is 8.25. The normalized spacial score (nSPS) is 19.9. The smallest absolute Gasteiger partial charge is 0.130 e. The molecule has 1 aromatic heterocycles. The summed E-state index contributed by atoms with van der Waals surface area (Å²) in [4.78, 5) is 4.46. The Kier molecular flexibility index (Phi) is 7.34. The Labute approximate surface area is 172 Å². The Morgan fingerprint density at radius 3 is 2.30 bits per heavy atom. The largest absolute Gasteiger partial charge is 0.239 e. The maximum absolute atomic E-state index is 13.2. The van der Waals surface area contributed by atoms with Gasteiger partial charge in [0, 0.05) is 16.9 Å². The third-order valence-electron chi connectivity index (χ3n) is 4.65. The zero-order chi connectivity index (χ0) is 20.2. The van der Waals surface area contributed by atoms with Crippen molar-refractivity contribution in [3.05, 3.63) is 52.9 Å². The summed E-state index contributed by atoms with van der Waals surface area (Å²) in [6.45, 7) is 14.0. The Hall–Kier alpha value is -1.10. The van der Waals surface area contributed by atoms with E-state index in [1.165, 1.54) is 17.7 Å². The third kappa shape index (κ3) is 5.04. The van der Waals surface area contributed by atoms with E-state index in [2.05, 4.69) is 43.1 Å². The van der Waals surface area contributed by atoms with Gasteiger partial charge in [0.05, 0.1) is 11.2 Å². The zero-order valence-electron chi connectivity index (χ0n) is 17.1. The van der Waals surface area contributed by atoms with E-state index in [0.717, 1.165) is 30.6 Å². The van der Waals surface area contributed by atoms with Gasteiger partial charge in [0.1, 0.15) is 11.0 Å². The molecule has 1 fully saturated rings. The van der Waals surface area contributed by atoms with Gasteiger partial charge >= 0.3 is 0 Å². The molecule has 0 bridgehead atoms. The molecule has 5 heteroatoms.